The number of fused-ring (bicyclic) bond motifs is 2. The van der Waals surface area contributed by atoms with Gasteiger partial charge in [-0.05, 0) is 0 Å². The van der Waals surface area contributed by atoms with Crippen LogP contribution in [0.2, 0.25) is 0 Å². The Bertz CT molecular complexity index is 524. The molecule has 2 aliphatic rings. The van der Waals surface area contributed by atoms with Gasteiger partial charge in [0.25, 0.3) is 5.91 Å². The molecule has 2 fully saturated rings. The Labute approximate surface area is 103 Å². The second kappa shape index (κ2) is 3.72. The number of morpholine rings is 1. The number of hydrogen-bond donors (Lipinski definition) is 0. The fourth-order valence-electron chi connectivity index (χ4n) is 2.49. The minimum absolute atomic E-state index is 0.158. The van der Waals surface area contributed by atoms with Crippen LogP contribution in [0, 0.1) is 0 Å². The van der Waals surface area contributed by atoms with E-state index in [2.05, 4.69) is 5.10 Å². The topological polar surface area (TPSA) is 73.7 Å². The van der Waals surface area contributed by atoms with Crippen LogP contribution in [0.4, 0.5) is 0 Å². The van der Waals surface area contributed by atoms with E-state index < -0.39 is 6.04 Å². The molecule has 7 heteroatoms. The summed E-state index contributed by atoms with van der Waals surface area (Å²) < 4.78 is 11.6. The average Bonchev–Trinajstić information content (AvgIpc) is 3.00. The van der Waals surface area contributed by atoms with Crippen molar-refractivity contribution in [1.29, 1.82) is 0 Å². The van der Waals surface area contributed by atoms with E-state index >= 15 is 0 Å². The summed E-state index contributed by atoms with van der Waals surface area (Å²) >= 11 is 0. The number of esters is 1. The highest BCUT2D eigenvalue weighted by molar-refractivity contribution is 5.99. The van der Waals surface area contributed by atoms with E-state index in [4.69, 9.17) is 9.47 Å². The molecule has 96 valence electrons. The van der Waals surface area contributed by atoms with Gasteiger partial charge in [0.15, 0.2) is 0 Å². The first-order chi connectivity index (χ1) is 8.60. The molecule has 1 aromatic heterocycles. The maximum absolute atomic E-state index is 12.4. The molecule has 0 aliphatic carbocycles. The number of likely N-dealkylation sites (tertiary alicyclic amines) is 1. The molecule has 1 aromatic rings. The van der Waals surface area contributed by atoms with Gasteiger partial charge in [-0.3, -0.25) is 9.48 Å². The summed E-state index contributed by atoms with van der Waals surface area (Å²) in [7, 11) is 3.17. The van der Waals surface area contributed by atoms with Gasteiger partial charge in [-0.15, -0.1) is 5.10 Å². The molecule has 0 aromatic carbocycles. The van der Waals surface area contributed by atoms with Crippen molar-refractivity contribution in [1.82, 2.24) is 14.7 Å². The second-order valence-corrected chi connectivity index (χ2v) is 4.49. The van der Waals surface area contributed by atoms with Gasteiger partial charge in [-0.2, -0.15) is 0 Å². The molecule has 0 unspecified atom stereocenters. The number of nitrogens with zero attached hydrogens (tertiary/aromatic N) is 3. The fraction of sp³-hybridized carbons (Fsp3) is 0.545. The Morgan fingerprint density at radius 3 is 3.00 bits per heavy atom. The van der Waals surface area contributed by atoms with E-state index in [-0.39, 0.29) is 23.9 Å². The van der Waals surface area contributed by atoms with Crippen LogP contribution in [0.3, 0.4) is 0 Å². The summed E-state index contributed by atoms with van der Waals surface area (Å²) in [6.07, 6.45) is 2.03. The zero-order valence-electron chi connectivity index (χ0n) is 10.1. The van der Waals surface area contributed by atoms with Crippen LogP contribution in [0.15, 0.2) is 6.20 Å². The van der Waals surface area contributed by atoms with Gasteiger partial charge >= 0.3 is 5.97 Å². The van der Waals surface area contributed by atoms with Crippen molar-refractivity contribution >= 4 is 11.9 Å². The Morgan fingerprint density at radius 2 is 2.39 bits per heavy atom. The third-order valence-electron chi connectivity index (χ3n) is 3.30. The molecule has 3 heterocycles. The molecule has 0 radical (unpaired) electrons. The van der Waals surface area contributed by atoms with Gasteiger partial charge in [0.05, 0.1) is 13.7 Å². The van der Waals surface area contributed by atoms with E-state index in [1.54, 1.807) is 13.2 Å². The monoisotopic (exact) mass is 251 g/mol. The van der Waals surface area contributed by atoms with Gasteiger partial charge in [-0.25, -0.2) is 4.79 Å². The Kier molecular flexibility index (Phi) is 2.29. The first-order valence-electron chi connectivity index (χ1n) is 5.69. The van der Waals surface area contributed by atoms with Gasteiger partial charge in [0.1, 0.15) is 17.7 Å². The molecule has 3 rings (SSSR count). The molecular formula is C11H13N3O4. The number of rotatable bonds is 2. The highest BCUT2D eigenvalue weighted by Crippen LogP contribution is 2.31. The van der Waals surface area contributed by atoms with Gasteiger partial charge in [0, 0.05) is 19.7 Å². The molecule has 7 nitrogen and oxygen atoms in total. The van der Waals surface area contributed by atoms with Crippen molar-refractivity contribution in [3.05, 3.63) is 11.8 Å². The summed E-state index contributed by atoms with van der Waals surface area (Å²) in [6.45, 7) is 0.452. The quantitative estimate of drug-likeness (QED) is 0.667. The van der Waals surface area contributed by atoms with Crippen LogP contribution in [0.5, 0.6) is 5.88 Å². The van der Waals surface area contributed by atoms with E-state index in [1.807, 2.05) is 0 Å². The van der Waals surface area contributed by atoms with E-state index in [0.29, 0.717) is 18.5 Å². The number of carbonyl (C=O) groups excluding carboxylic acids is 2. The van der Waals surface area contributed by atoms with Crippen LogP contribution in [0.25, 0.3) is 0 Å². The lowest BCUT2D eigenvalue weighted by molar-refractivity contribution is -0.149. The number of hydrogen-bond acceptors (Lipinski definition) is 5. The predicted octanol–water partition coefficient (Wildman–Crippen LogP) is -0.431. The molecular weight excluding hydrogens is 238 g/mol. The summed E-state index contributed by atoms with van der Waals surface area (Å²) in [6, 6.07) is -0.451. The van der Waals surface area contributed by atoms with Gasteiger partial charge in [-0.1, -0.05) is 0 Å². The van der Waals surface area contributed by atoms with Crippen LogP contribution in [-0.2, 0) is 16.6 Å². The van der Waals surface area contributed by atoms with Gasteiger partial charge < -0.3 is 14.4 Å². The van der Waals surface area contributed by atoms with E-state index in [0.717, 1.165) is 0 Å². The lowest BCUT2D eigenvalue weighted by atomic mass is 10.2. The third kappa shape index (κ3) is 1.47. The Morgan fingerprint density at radius 1 is 1.61 bits per heavy atom. The minimum Gasteiger partial charge on any atom is -0.479 e. The van der Waals surface area contributed by atoms with Crippen molar-refractivity contribution in [3.8, 4) is 5.88 Å². The number of aromatic nitrogens is 2. The maximum atomic E-state index is 12.4. The van der Waals surface area contributed by atoms with Crippen molar-refractivity contribution in [2.45, 2.75) is 18.6 Å². The van der Waals surface area contributed by atoms with Crippen LogP contribution < -0.4 is 4.74 Å². The molecule has 0 spiro atoms. The number of ether oxygens (including phenoxy) is 2. The molecule has 1 amide bonds. The van der Waals surface area contributed by atoms with Crippen molar-refractivity contribution in [3.63, 3.8) is 0 Å². The Balaban J connectivity index is 1.89. The smallest absolute Gasteiger partial charge is 0.329 e. The van der Waals surface area contributed by atoms with Crippen molar-refractivity contribution in [2.75, 3.05) is 13.7 Å². The van der Waals surface area contributed by atoms with Gasteiger partial charge in [0.2, 0.25) is 5.88 Å². The lowest BCUT2D eigenvalue weighted by Crippen LogP contribution is -2.44. The Hall–Kier alpha value is -2.05. The zero-order chi connectivity index (χ0) is 12.9. The minimum atomic E-state index is -0.451. The number of aryl methyl sites for hydroxylation is 1. The lowest BCUT2D eigenvalue weighted by Gasteiger charge is -2.25. The highest BCUT2D eigenvalue weighted by Gasteiger charge is 2.49. The molecule has 2 saturated heterocycles. The number of amides is 1. The van der Waals surface area contributed by atoms with Crippen LogP contribution in [0.1, 0.15) is 16.8 Å². The van der Waals surface area contributed by atoms with Crippen molar-refractivity contribution in [2.24, 2.45) is 7.05 Å². The molecule has 18 heavy (non-hydrogen) atoms. The normalized spacial score (nSPS) is 25.4. The third-order valence-corrected chi connectivity index (χ3v) is 3.30. The van der Waals surface area contributed by atoms with E-state index in [1.165, 1.54) is 16.7 Å². The second-order valence-electron chi connectivity index (χ2n) is 4.49. The van der Waals surface area contributed by atoms with E-state index in [9.17, 15) is 9.59 Å². The summed E-state index contributed by atoms with van der Waals surface area (Å²) in [4.78, 5) is 25.4. The largest absolute Gasteiger partial charge is 0.479 e. The SMILES string of the molecule is COc1nn(C)cc1C(=O)N1C[C@H]2C[C@H]1C(=O)O2. The molecule has 2 aliphatic heterocycles. The first-order valence-corrected chi connectivity index (χ1v) is 5.69. The van der Waals surface area contributed by atoms with Crippen LogP contribution in [-0.4, -0.2) is 52.4 Å². The molecule has 2 bridgehead atoms. The summed E-state index contributed by atoms with van der Waals surface area (Å²) in [5.74, 6) is -0.273. The predicted molar refractivity (Wildman–Crippen MR) is 59.1 cm³/mol. The fourth-order valence-corrected chi connectivity index (χ4v) is 2.49. The standard InChI is InChI=1S/C11H13N3O4/c1-13-5-7(9(12-13)17-2)10(15)14-4-6-3-8(14)11(16)18-6/h5-6,8H,3-4H2,1-2H3/t6-,8+/m1/s1. The molecule has 0 saturated carbocycles. The molecule has 2 atom stereocenters. The average molecular weight is 251 g/mol. The number of methoxy groups -OCH3 is 1. The van der Waals surface area contributed by atoms with Crippen LogP contribution >= 0.6 is 0 Å². The zero-order valence-corrected chi connectivity index (χ0v) is 10.1. The number of carbonyl (C=O) groups is 2. The summed E-state index contributed by atoms with van der Waals surface area (Å²) in [5, 5.41) is 4.03. The molecule has 0 N–H and O–H groups in total. The first kappa shape index (κ1) is 11.1. The highest BCUT2D eigenvalue weighted by atomic mass is 16.6. The maximum Gasteiger partial charge on any atom is 0.329 e. The summed E-state index contributed by atoms with van der Waals surface area (Å²) in [5.41, 5.74) is 0.375. The van der Waals surface area contributed by atoms with Crippen molar-refractivity contribution < 1.29 is 19.1 Å².